The summed E-state index contributed by atoms with van der Waals surface area (Å²) >= 11 is 0. The Morgan fingerprint density at radius 1 is 1.31 bits per heavy atom. The van der Waals surface area contributed by atoms with Crippen LogP contribution in [0.1, 0.15) is 46.0 Å². The fourth-order valence-corrected chi connectivity index (χ4v) is 2.46. The van der Waals surface area contributed by atoms with Crippen LogP contribution < -0.4 is 5.32 Å². The average Bonchev–Trinajstić information content (AvgIpc) is 3.10. The number of nitrogens with zero attached hydrogens (tertiary/aromatic N) is 1. The van der Waals surface area contributed by atoms with E-state index >= 15 is 0 Å². The maximum Gasteiger partial charge on any atom is 0.239 e. The summed E-state index contributed by atoms with van der Waals surface area (Å²) in [6.45, 7) is 6.33. The van der Waals surface area contributed by atoms with Gasteiger partial charge < -0.3 is 10.2 Å². The van der Waals surface area contributed by atoms with Crippen molar-refractivity contribution < 1.29 is 4.79 Å². The normalized spacial score (nSPS) is 25.8. The van der Waals surface area contributed by atoms with Gasteiger partial charge in [-0.2, -0.15) is 0 Å². The molecular formula is C13H24N2O. The maximum atomic E-state index is 12.4. The molecule has 0 aromatic carbocycles. The summed E-state index contributed by atoms with van der Waals surface area (Å²) in [5.41, 5.74) is 0. The Morgan fingerprint density at radius 3 is 2.56 bits per heavy atom. The first-order valence-corrected chi connectivity index (χ1v) is 6.72. The molecule has 1 aliphatic carbocycles. The monoisotopic (exact) mass is 224 g/mol. The van der Waals surface area contributed by atoms with Crippen molar-refractivity contribution in [3.05, 3.63) is 0 Å². The molecule has 2 fully saturated rings. The van der Waals surface area contributed by atoms with E-state index < -0.39 is 0 Å². The van der Waals surface area contributed by atoms with Gasteiger partial charge >= 0.3 is 0 Å². The Labute approximate surface area is 98.6 Å². The van der Waals surface area contributed by atoms with Gasteiger partial charge in [-0.1, -0.05) is 20.3 Å². The van der Waals surface area contributed by atoms with E-state index in [2.05, 4.69) is 24.1 Å². The summed E-state index contributed by atoms with van der Waals surface area (Å²) < 4.78 is 0. The van der Waals surface area contributed by atoms with Crippen molar-refractivity contribution in [2.75, 3.05) is 13.1 Å². The predicted octanol–water partition coefficient (Wildman–Crippen LogP) is 1.78. The van der Waals surface area contributed by atoms with Gasteiger partial charge in [-0.15, -0.1) is 0 Å². The largest absolute Gasteiger partial charge is 0.338 e. The van der Waals surface area contributed by atoms with E-state index in [0.29, 0.717) is 17.9 Å². The minimum Gasteiger partial charge on any atom is -0.338 e. The van der Waals surface area contributed by atoms with E-state index in [0.717, 1.165) is 19.5 Å². The second kappa shape index (κ2) is 5.17. The number of hydrogen-bond acceptors (Lipinski definition) is 2. The lowest BCUT2D eigenvalue weighted by Crippen LogP contribution is -2.50. The zero-order valence-corrected chi connectivity index (χ0v) is 10.5. The van der Waals surface area contributed by atoms with Gasteiger partial charge in [-0.3, -0.25) is 4.79 Å². The summed E-state index contributed by atoms with van der Waals surface area (Å²) in [6.07, 6.45) is 5.87. The number of amides is 1. The van der Waals surface area contributed by atoms with E-state index in [1.165, 1.54) is 25.7 Å². The molecule has 2 aliphatic rings. The summed E-state index contributed by atoms with van der Waals surface area (Å²) in [4.78, 5) is 14.5. The van der Waals surface area contributed by atoms with Crippen LogP contribution in [0.15, 0.2) is 0 Å². The Morgan fingerprint density at radius 2 is 2.06 bits per heavy atom. The lowest BCUT2D eigenvalue weighted by molar-refractivity contribution is -0.135. The van der Waals surface area contributed by atoms with Crippen molar-refractivity contribution in [2.24, 2.45) is 5.92 Å². The van der Waals surface area contributed by atoms with Crippen LogP contribution in [0.5, 0.6) is 0 Å². The predicted molar refractivity (Wildman–Crippen MR) is 65.2 cm³/mol. The zero-order chi connectivity index (χ0) is 11.5. The molecule has 1 saturated carbocycles. The highest BCUT2D eigenvalue weighted by molar-refractivity contribution is 5.82. The molecule has 92 valence electrons. The second-order valence-corrected chi connectivity index (χ2v) is 5.62. The van der Waals surface area contributed by atoms with Crippen LogP contribution in [0.4, 0.5) is 0 Å². The van der Waals surface area contributed by atoms with Crippen molar-refractivity contribution in [2.45, 2.75) is 58.0 Å². The van der Waals surface area contributed by atoms with Crippen molar-refractivity contribution >= 4 is 5.91 Å². The van der Waals surface area contributed by atoms with Gasteiger partial charge in [0.25, 0.3) is 0 Å². The van der Waals surface area contributed by atoms with Crippen molar-refractivity contribution in [1.82, 2.24) is 10.2 Å². The van der Waals surface area contributed by atoms with E-state index in [9.17, 15) is 4.79 Å². The van der Waals surface area contributed by atoms with Gasteiger partial charge in [0.05, 0.1) is 6.04 Å². The lowest BCUT2D eigenvalue weighted by atomic mass is 10.0. The zero-order valence-electron chi connectivity index (χ0n) is 10.5. The molecule has 1 N–H and O–H groups in total. The third-order valence-corrected chi connectivity index (χ3v) is 3.44. The van der Waals surface area contributed by atoms with Crippen molar-refractivity contribution in [3.63, 3.8) is 0 Å². The minimum atomic E-state index is 0.105. The molecule has 16 heavy (non-hydrogen) atoms. The van der Waals surface area contributed by atoms with Gasteiger partial charge in [0.2, 0.25) is 5.91 Å². The SMILES string of the molecule is CC(C)CN(C(=O)C1CCCCN1)C1CC1. The van der Waals surface area contributed by atoms with Gasteiger partial charge in [-0.25, -0.2) is 0 Å². The van der Waals surface area contributed by atoms with Gasteiger partial charge in [0.15, 0.2) is 0 Å². The highest BCUT2D eigenvalue weighted by atomic mass is 16.2. The third-order valence-electron chi connectivity index (χ3n) is 3.44. The summed E-state index contributed by atoms with van der Waals surface area (Å²) in [5.74, 6) is 0.934. The minimum absolute atomic E-state index is 0.105. The fraction of sp³-hybridized carbons (Fsp3) is 0.923. The van der Waals surface area contributed by atoms with Crippen LogP contribution in [0.2, 0.25) is 0 Å². The van der Waals surface area contributed by atoms with Gasteiger partial charge in [-0.05, 0) is 38.1 Å². The number of piperidine rings is 1. The molecule has 0 spiro atoms. The Kier molecular flexibility index (Phi) is 3.85. The Bertz CT molecular complexity index is 242. The first-order chi connectivity index (χ1) is 7.68. The number of nitrogens with one attached hydrogen (secondary N) is 1. The van der Waals surface area contributed by atoms with Gasteiger partial charge in [0.1, 0.15) is 0 Å². The number of hydrogen-bond donors (Lipinski definition) is 1. The Hall–Kier alpha value is -0.570. The van der Waals surface area contributed by atoms with Crippen molar-refractivity contribution in [1.29, 1.82) is 0 Å². The van der Waals surface area contributed by atoms with Crippen LogP contribution in [0, 0.1) is 5.92 Å². The highest BCUT2D eigenvalue weighted by Crippen LogP contribution is 2.28. The molecule has 3 heteroatoms. The second-order valence-electron chi connectivity index (χ2n) is 5.62. The van der Waals surface area contributed by atoms with E-state index in [1.54, 1.807) is 0 Å². The molecule has 3 nitrogen and oxygen atoms in total. The first kappa shape index (κ1) is 11.9. The first-order valence-electron chi connectivity index (χ1n) is 6.72. The lowest BCUT2D eigenvalue weighted by Gasteiger charge is -2.31. The maximum absolute atomic E-state index is 12.4. The summed E-state index contributed by atoms with van der Waals surface area (Å²) in [6, 6.07) is 0.659. The molecule has 2 rings (SSSR count). The molecule has 0 aromatic rings. The molecule has 1 unspecified atom stereocenters. The molecule has 1 saturated heterocycles. The van der Waals surface area contributed by atoms with E-state index in [1.807, 2.05) is 0 Å². The molecule has 0 radical (unpaired) electrons. The molecule has 0 aromatic heterocycles. The standard InChI is InChI=1S/C13H24N2O/c1-10(2)9-15(11-6-7-11)13(16)12-5-3-4-8-14-12/h10-12,14H,3-9H2,1-2H3. The number of carbonyl (C=O) groups excluding carboxylic acids is 1. The fourth-order valence-electron chi connectivity index (χ4n) is 2.46. The van der Waals surface area contributed by atoms with Crippen LogP contribution in [-0.4, -0.2) is 36.0 Å². The van der Waals surface area contributed by atoms with Crippen LogP contribution in [0.25, 0.3) is 0 Å². The van der Waals surface area contributed by atoms with Crippen LogP contribution in [-0.2, 0) is 4.79 Å². The van der Waals surface area contributed by atoms with Crippen LogP contribution in [0.3, 0.4) is 0 Å². The molecule has 1 aliphatic heterocycles. The molecule has 1 heterocycles. The van der Waals surface area contributed by atoms with Crippen molar-refractivity contribution in [3.8, 4) is 0 Å². The summed E-state index contributed by atoms with van der Waals surface area (Å²) in [5, 5.41) is 3.36. The molecule has 1 amide bonds. The van der Waals surface area contributed by atoms with E-state index in [-0.39, 0.29) is 6.04 Å². The Balaban J connectivity index is 1.92. The molecule has 1 atom stereocenters. The van der Waals surface area contributed by atoms with Gasteiger partial charge in [0, 0.05) is 12.6 Å². The summed E-state index contributed by atoms with van der Waals surface area (Å²) in [7, 11) is 0. The molecular weight excluding hydrogens is 200 g/mol. The third kappa shape index (κ3) is 2.97. The topological polar surface area (TPSA) is 32.3 Å². The van der Waals surface area contributed by atoms with Crippen LogP contribution >= 0.6 is 0 Å². The number of rotatable bonds is 4. The van der Waals surface area contributed by atoms with E-state index in [4.69, 9.17) is 0 Å². The highest BCUT2D eigenvalue weighted by Gasteiger charge is 2.36. The smallest absolute Gasteiger partial charge is 0.239 e. The number of carbonyl (C=O) groups is 1. The average molecular weight is 224 g/mol. The molecule has 0 bridgehead atoms. The quantitative estimate of drug-likeness (QED) is 0.789.